The minimum atomic E-state index is -1.07. The Morgan fingerprint density at radius 1 is 1.12 bits per heavy atom. The number of aromatic nitrogens is 3. The summed E-state index contributed by atoms with van der Waals surface area (Å²) in [5.41, 5.74) is 2.58. The summed E-state index contributed by atoms with van der Waals surface area (Å²) in [7, 11) is 0. The van der Waals surface area contributed by atoms with E-state index in [0.717, 1.165) is 11.3 Å². The molecule has 126 valence electrons. The molecule has 0 aliphatic rings. The summed E-state index contributed by atoms with van der Waals surface area (Å²) in [6, 6.07) is 10.00. The fraction of sp³-hybridized carbons (Fsp3) is 0.0588. The lowest BCUT2D eigenvalue weighted by molar-refractivity contribution is 0.0695. The molecule has 0 saturated carbocycles. The third kappa shape index (κ3) is 3.58. The Labute approximate surface area is 151 Å². The van der Waals surface area contributed by atoms with Gasteiger partial charge in [-0.2, -0.15) is 0 Å². The Bertz CT molecular complexity index is 937. The Balaban J connectivity index is 1.83. The molecule has 1 aromatic heterocycles. The van der Waals surface area contributed by atoms with Crippen molar-refractivity contribution in [3.63, 3.8) is 0 Å². The van der Waals surface area contributed by atoms with Gasteiger partial charge in [0.1, 0.15) is 12.7 Å². The lowest BCUT2D eigenvalue weighted by Gasteiger charge is -2.11. The molecule has 1 amide bonds. The van der Waals surface area contributed by atoms with Gasteiger partial charge in [0.05, 0.1) is 5.56 Å². The number of carboxylic acids is 1. The third-order valence-electron chi connectivity index (χ3n) is 3.64. The molecule has 7 nitrogen and oxygen atoms in total. The van der Waals surface area contributed by atoms with Crippen LogP contribution in [0.5, 0.6) is 0 Å². The molecule has 3 rings (SSSR count). The van der Waals surface area contributed by atoms with Gasteiger partial charge in [-0.3, -0.25) is 9.36 Å². The van der Waals surface area contributed by atoms with Crippen molar-refractivity contribution in [2.75, 3.05) is 5.32 Å². The number of carboxylic acid groups (broad SMARTS) is 1. The summed E-state index contributed by atoms with van der Waals surface area (Å²) in [5.74, 6) is -1.39. The van der Waals surface area contributed by atoms with Gasteiger partial charge in [-0.1, -0.05) is 0 Å². The number of rotatable bonds is 4. The van der Waals surface area contributed by atoms with Crippen molar-refractivity contribution in [3.05, 3.63) is 70.2 Å². The maximum absolute atomic E-state index is 12.4. The largest absolute Gasteiger partial charge is 0.478 e. The number of benzene rings is 2. The summed E-state index contributed by atoms with van der Waals surface area (Å²) in [6.45, 7) is 1.79. The van der Waals surface area contributed by atoms with E-state index in [2.05, 4.69) is 31.4 Å². The molecular weight excluding hydrogens is 388 g/mol. The summed E-state index contributed by atoms with van der Waals surface area (Å²) in [5, 5.41) is 19.4. The summed E-state index contributed by atoms with van der Waals surface area (Å²) < 4.78 is 2.19. The number of nitrogens with one attached hydrogen (secondary N) is 1. The molecule has 2 aromatic carbocycles. The molecule has 0 aliphatic carbocycles. The number of amides is 1. The maximum Gasteiger partial charge on any atom is 0.336 e. The number of anilines is 1. The minimum Gasteiger partial charge on any atom is -0.478 e. The number of carbonyl (C=O) groups excluding carboxylic acids is 1. The van der Waals surface area contributed by atoms with Gasteiger partial charge in [0.2, 0.25) is 0 Å². The Hall–Kier alpha value is -3.00. The van der Waals surface area contributed by atoms with Crippen molar-refractivity contribution in [1.82, 2.24) is 14.8 Å². The van der Waals surface area contributed by atoms with Crippen molar-refractivity contribution in [1.29, 1.82) is 0 Å². The van der Waals surface area contributed by atoms with E-state index in [1.807, 2.05) is 0 Å². The molecule has 0 saturated heterocycles. The molecule has 2 N–H and O–H groups in total. The van der Waals surface area contributed by atoms with Crippen LogP contribution in [-0.4, -0.2) is 31.7 Å². The van der Waals surface area contributed by atoms with Gasteiger partial charge in [0.15, 0.2) is 0 Å². The molecule has 0 bridgehead atoms. The quantitative estimate of drug-likeness (QED) is 0.700. The second-order valence-corrected chi connectivity index (χ2v) is 6.18. The van der Waals surface area contributed by atoms with Crippen LogP contribution in [0.25, 0.3) is 5.69 Å². The van der Waals surface area contributed by atoms with Gasteiger partial charge in [0, 0.05) is 21.4 Å². The number of carbonyl (C=O) groups is 2. The first-order valence-electron chi connectivity index (χ1n) is 7.25. The van der Waals surface area contributed by atoms with Gasteiger partial charge in [-0.25, -0.2) is 4.79 Å². The Kier molecular flexibility index (Phi) is 4.62. The number of halogens is 1. The van der Waals surface area contributed by atoms with E-state index in [1.54, 1.807) is 54.5 Å². The highest BCUT2D eigenvalue weighted by Crippen LogP contribution is 2.26. The highest BCUT2D eigenvalue weighted by molar-refractivity contribution is 9.10. The van der Waals surface area contributed by atoms with Crippen LogP contribution in [0, 0.1) is 6.92 Å². The first-order valence-corrected chi connectivity index (χ1v) is 8.05. The normalized spacial score (nSPS) is 10.5. The van der Waals surface area contributed by atoms with Crippen molar-refractivity contribution < 1.29 is 14.7 Å². The van der Waals surface area contributed by atoms with Crippen LogP contribution >= 0.6 is 15.9 Å². The van der Waals surface area contributed by atoms with Crippen LogP contribution in [0.2, 0.25) is 0 Å². The zero-order chi connectivity index (χ0) is 18.0. The maximum atomic E-state index is 12.4. The van der Waals surface area contributed by atoms with E-state index in [-0.39, 0.29) is 11.5 Å². The number of aryl methyl sites for hydroxylation is 1. The molecule has 0 fully saturated rings. The lowest BCUT2D eigenvalue weighted by Crippen LogP contribution is -2.13. The SMILES string of the molecule is Cc1cc(Br)c(C(=O)O)cc1NC(=O)c1ccc(-n2cnnc2)cc1. The fourth-order valence-electron chi connectivity index (χ4n) is 2.28. The smallest absolute Gasteiger partial charge is 0.336 e. The van der Waals surface area contributed by atoms with Crippen molar-refractivity contribution in [2.45, 2.75) is 6.92 Å². The predicted molar refractivity (Wildman–Crippen MR) is 95.2 cm³/mol. The molecule has 0 radical (unpaired) electrons. The standard InChI is InChI=1S/C17H13BrN4O3/c1-10-6-14(18)13(17(24)25)7-15(10)21-16(23)11-2-4-12(5-3-11)22-8-19-20-9-22/h2-9H,1H3,(H,21,23)(H,24,25). The van der Waals surface area contributed by atoms with E-state index in [1.165, 1.54) is 6.07 Å². The van der Waals surface area contributed by atoms with Crippen LogP contribution in [0.4, 0.5) is 5.69 Å². The zero-order valence-corrected chi connectivity index (χ0v) is 14.7. The zero-order valence-electron chi connectivity index (χ0n) is 13.1. The number of hydrogen-bond acceptors (Lipinski definition) is 4. The summed E-state index contributed by atoms with van der Waals surface area (Å²) in [4.78, 5) is 23.7. The van der Waals surface area contributed by atoms with E-state index >= 15 is 0 Å². The molecule has 25 heavy (non-hydrogen) atoms. The van der Waals surface area contributed by atoms with Crippen molar-refractivity contribution >= 4 is 33.5 Å². The minimum absolute atomic E-state index is 0.0869. The van der Waals surface area contributed by atoms with E-state index in [0.29, 0.717) is 15.7 Å². The van der Waals surface area contributed by atoms with Crippen LogP contribution in [0.1, 0.15) is 26.3 Å². The Morgan fingerprint density at radius 2 is 1.76 bits per heavy atom. The van der Waals surface area contributed by atoms with Crippen LogP contribution < -0.4 is 5.32 Å². The molecule has 3 aromatic rings. The molecule has 1 heterocycles. The topological polar surface area (TPSA) is 97.1 Å². The first-order chi connectivity index (χ1) is 12.0. The molecule has 8 heteroatoms. The highest BCUT2D eigenvalue weighted by atomic mass is 79.9. The Morgan fingerprint density at radius 3 is 2.36 bits per heavy atom. The number of nitrogens with zero attached hydrogens (tertiary/aromatic N) is 3. The second-order valence-electron chi connectivity index (χ2n) is 5.32. The monoisotopic (exact) mass is 400 g/mol. The summed E-state index contributed by atoms with van der Waals surface area (Å²) in [6.07, 6.45) is 3.13. The van der Waals surface area contributed by atoms with E-state index in [9.17, 15) is 14.7 Å². The molecule has 0 aliphatic heterocycles. The first kappa shape index (κ1) is 16.8. The van der Waals surface area contributed by atoms with Gasteiger partial charge in [-0.05, 0) is 64.8 Å². The number of hydrogen-bond donors (Lipinski definition) is 2. The average Bonchev–Trinajstić information content (AvgIpc) is 3.11. The van der Waals surface area contributed by atoms with Crippen LogP contribution in [-0.2, 0) is 0 Å². The van der Waals surface area contributed by atoms with Crippen LogP contribution in [0.15, 0.2) is 53.5 Å². The second kappa shape index (κ2) is 6.86. The average molecular weight is 401 g/mol. The van der Waals surface area contributed by atoms with Gasteiger partial charge in [-0.15, -0.1) is 10.2 Å². The molecular formula is C17H13BrN4O3. The third-order valence-corrected chi connectivity index (χ3v) is 4.30. The molecule has 0 atom stereocenters. The summed E-state index contributed by atoms with van der Waals surface area (Å²) >= 11 is 3.21. The van der Waals surface area contributed by atoms with Crippen molar-refractivity contribution in [3.8, 4) is 5.69 Å². The number of aromatic carboxylic acids is 1. The van der Waals surface area contributed by atoms with Gasteiger partial charge < -0.3 is 10.4 Å². The molecule has 0 unspecified atom stereocenters. The van der Waals surface area contributed by atoms with Gasteiger partial charge >= 0.3 is 5.97 Å². The lowest BCUT2D eigenvalue weighted by atomic mass is 10.1. The van der Waals surface area contributed by atoms with E-state index < -0.39 is 5.97 Å². The van der Waals surface area contributed by atoms with E-state index in [4.69, 9.17) is 0 Å². The highest BCUT2D eigenvalue weighted by Gasteiger charge is 2.14. The van der Waals surface area contributed by atoms with Crippen LogP contribution in [0.3, 0.4) is 0 Å². The van der Waals surface area contributed by atoms with Crippen molar-refractivity contribution in [2.24, 2.45) is 0 Å². The fourth-order valence-corrected chi connectivity index (χ4v) is 2.91. The van der Waals surface area contributed by atoms with Gasteiger partial charge in [0.25, 0.3) is 5.91 Å². The molecule has 0 spiro atoms. The predicted octanol–water partition coefficient (Wildman–Crippen LogP) is 3.29.